The molecule has 3 aromatic rings. The van der Waals surface area contributed by atoms with Crippen molar-refractivity contribution in [1.29, 1.82) is 0 Å². The van der Waals surface area contributed by atoms with Crippen LogP contribution in [0.25, 0.3) is 17.2 Å². The van der Waals surface area contributed by atoms with E-state index in [1.807, 2.05) is 6.20 Å². The van der Waals surface area contributed by atoms with E-state index in [2.05, 4.69) is 44.6 Å². The summed E-state index contributed by atoms with van der Waals surface area (Å²) in [6.45, 7) is 4.59. The first kappa shape index (κ1) is 23.3. The van der Waals surface area contributed by atoms with E-state index in [1.54, 1.807) is 18.0 Å². The van der Waals surface area contributed by atoms with Crippen molar-refractivity contribution in [2.75, 3.05) is 39.9 Å². The van der Waals surface area contributed by atoms with Gasteiger partial charge in [0.05, 0.1) is 29.8 Å². The van der Waals surface area contributed by atoms with Crippen LogP contribution in [0.3, 0.4) is 0 Å². The Kier molecular flexibility index (Phi) is 6.54. The van der Waals surface area contributed by atoms with E-state index < -0.39 is 0 Å². The van der Waals surface area contributed by atoms with Crippen LogP contribution < -0.4 is 5.32 Å². The first-order valence-corrected chi connectivity index (χ1v) is 13.2. The average molecular weight is 487 g/mol. The molecule has 0 radical (unpaired) electrons. The number of aromatic nitrogens is 4. The van der Waals surface area contributed by atoms with E-state index in [0.29, 0.717) is 29.9 Å². The van der Waals surface area contributed by atoms with Crippen LogP contribution in [0.1, 0.15) is 58.8 Å². The molecular formula is C28H34N6O2. The number of piperidine rings is 1. The molecule has 1 saturated carbocycles. The number of methoxy groups -OCH3 is 1. The zero-order chi connectivity index (χ0) is 24.5. The summed E-state index contributed by atoms with van der Waals surface area (Å²) in [5, 5.41) is 7.82. The molecule has 1 aromatic carbocycles. The number of nitrogens with zero attached hydrogens (tertiary/aromatic N) is 5. The van der Waals surface area contributed by atoms with E-state index in [-0.39, 0.29) is 5.91 Å². The summed E-state index contributed by atoms with van der Waals surface area (Å²) in [5.74, 6) is 1.36. The average Bonchev–Trinajstić information content (AvgIpc) is 3.68. The van der Waals surface area contributed by atoms with Crippen molar-refractivity contribution < 1.29 is 9.53 Å². The van der Waals surface area contributed by atoms with E-state index in [4.69, 9.17) is 9.72 Å². The van der Waals surface area contributed by atoms with Gasteiger partial charge in [-0.15, -0.1) is 0 Å². The smallest absolute Gasteiger partial charge is 0.254 e. The Morgan fingerprint density at radius 1 is 1.08 bits per heavy atom. The predicted octanol–water partition coefficient (Wildman–Crippen LogP) is 3.39. The summed E-state index contributed by atoms with van der Waals surface area (Å²) in [4.78, 5) is 25.3. The molecule has 188 valence electrons. The maximum absolute atomic E-state index is 13.3. The van der Waals surface area contributed by atoms with Gasteiger partial charge >= 0.3 is 0 Å². The molecule has 0 spiro atoms. The van der Waals surface area contributed by atoms with E-state index >= 15 is 0 Å². The third-order valence-electron chi connectivity index (χ3n) is 7.86. The van der Waals surface area contributed by atoms with E-state index in [1.165, 1.54) is 16.7 Å². The van der Waals surface area contributed by atoms with E-state index in [9.17, 15) is 4.79 Å². The Morgan fingerprint density at radius 3 is 2.69 bits per heavy atom. The minimum absolute atomic E-state index is 0.0340. The molecule has 3 heterocycles. The van der Waals surface area contributed by atoms with Gasteiger partial charge in [-0.3, -0.25) is 4.79 Å². The first-order chi connectivity index (χ1) is 17.7. The Morgan fingerprint density at radius 2 is 1.89 bits per heavy atom. The predicted molar refractivity (Wildman–Crippen MR) is 137 cm³/mol. The van der Waals surface area contributed by atoms with Gasteiger partial charge in [0.2, 0.25) is 0 Å². The number of fused-ring (bicyclic) bond motifs is 3. The minimum atomic E-state index is -0.0340. The first-order valence-electron chi connectivity index (χ1n) is 13.2. The van der Waals surface area contributed by atoms with Crippen molar-refractivity contribution in [3.8, 4) is 17.2 Å². The fourth-order valence-electron chi connectivity index (χ4n) is 5.56. The van der Waals surface area contributed by atoms with Crippen LogP contribution in [0.4, 0.5) is 0 Å². The highest BCUT2D eigenvalue weighted by Crippen LogP contribution is 2.42. The number of carbonyl (C=O) groups is 1. The van der Waals surface area contributed by atoms with Crippen LogP contribution in [0.2, 0.25) is 0 Å². The standard InChI is InChI=1S/C28H34N6O2/c1-36-15-14-33-12-10-19(11-13-33)16-29-27(35)24-18-31-34(26(24)21-7-8-21)28-30-17-22-9-6-20-4-2-3-5-23(20)25(22)32-28/h2-5,17-19,21H,6-16H2,1H3,(H,29,35). The lowest BCUT2D eigenvalue weighted by atomic mass is 9.90. The number of hydrogen-bond acceptors (Lipinski definition) is 6. The third kappa shape index (κ3) is 4.67. The van der Waals surface area contributed by atoms with E-state index in [0.717, 1.165) is 76.2 Å². The number of nitrogens with one attached hydrogen (secondary N) is 1. The highest BCUT2D eigenvalue weighted by atomic mass is 16.5. The molecule has 1 aliphatic heterocycles. The van der Waals surface area contributed by atoms with Crippen LogP contribution in [-0.4, -0.2) is 70.5 Å². The Labute approximate surface area is 212 Å². The molecule has 2 aromatic heterocycles. The molecule has 2 aliphatic carbocycles. The Bertz CT molecular complexity index is 1240. The van der Waals surface area contributed by atoms with Gasteiger partial charge in [0, 0.05) is 37.9 Å². The molecule has 0 atom stereocenters. The van der Waals surface area contributed by atoms with Crippen molar-refractivity contribution >= 4 is 5.91 Å². The van der Waals surface area contributed by atoms with Crippen LogP contribution in [-0.2, 0) is 17.6 Å². The zero-order valence-corrected chi connectivity index (χ0v) is 20.9. The molecule has 0 unspecified atom stereocenters. The van der Waals surface area contributed by atoms with Crippen molar-refractivity contribution in [2.24, 2.45) is 5.92 Å². The molecule has 36 heavy (non-hydrogen) atoms. The van der Waals surface area contributed by atoms with Crippen LogP contribution >= 0.6 is 0 Å². The van der Waals surface area contributed by atoms with Crippen molar-refractivity contribution in [3.63, 3.8) is 0 Å². The summed E-state index contributed by atoms with van der Waals surface area (Å²) in [5.41, 5.74) is 6.27. The SMILES string of the molecule is COCCN1CCC(CNC(=O)c2cnn(-c3ncc4c(n3)-c3ccccc3CC4)c2C2CC2)CC1. The maximum atomic E-state index is 13.3. The molecule has 2 fully saturated rings. The van der Waals surface area contributed by atoms with Gasteiger partial charge in [-0.05, 0) is 68.7 Å². The second kappa shape index (κ2) is 10.1. The van der Waals surface area contributed by atoms with Gasteiger partial charge in [-0.2, -0.15) is 5.10 Å². The lowest BCUT2D eigenvalue weighted by molar-refractivity contribution is 0.0925. The molecule has 1 amide bonds. The summed E-state index contributed by atoms with van der Waals surface area (Å²) >= 11 is 0. The summed E-state index contributed by atoms with van der Waals surface area (Å²) in [7, 11) is 1.75. The molecule has 1 saturated heterocycles. The molecule has 6 rings (SSSR count). The number of hydrogen-bond donors (Lipinski definition) is 1. The van der Waals surface area contributed by atoms with Crippen LogP contribution in [0.5, 0.6) is 0 Å². The summed E-state index contributed by atoms with van der Waals surface area (Å²) < 4.78 is 7.00. The number of ether oxygens (including phenoxy) is 1. The summed E-state index contributed by atoms with van der Waals surface area (Å²) in [6.07, 6.45) is 9.93. The zero-order valence-electron chi connectivity index (χ0n) is 20.9. The second-order valence-electron chi connectivity index (χ2n) is 10.3. The Hall–Kier alpha value is -3.10. The lowest BCUT2D eigenvalue weighted by Crippen LogP contribution is -2.39. The normalized spacial score (nSPS) is 18.0. The van der Waals surface area contributed by atoms with Gasteiger partial charge < -0.3 is 15.0 Å². The fourth-order valence-corrected chi connectivity index (χ4v) is 5.56. The molecule has 0 bridgehead atoms. The number of amides is 1. The van der Waals surface area contributed by atoms with Gasteiger partial charge in [0.1, 0.15) is 0 Å². The summed E-state index contributed by atoms with van der Waals surface area (Å²) in [6, 6.07) is 8.46. The largest absolute Gasteiger partial charge is 0.383 e. The fraction of sp³-hybridized carbons (Fsp3) is 0.500. The highest BCUT2D eigenvalue weighted by Gasteiger charge is 2.34. The number of rotatable bonds is 8. The van der Waals surface area contributed by atoms with Crippen LogP contribution in [0, 0.1) is 5.92 Å². The van der Waals surface area contributed by atoms with Crippen molar-refractivity contribution in [3.05, 3.63) is 59.0 Å². The minimum Gasteiger partial charge on any atom is -0.383 e. The van der Waals surface area contributed by atoms with Crippen molar-refractivity contribution in [1.82, 2.24) is 30.0 Å². The second-order valence-corrected chi connectivity index (χ2v) is 10.3. The lowest BCUT2D eigenvalue weighted by Gasteiger charge is -2.31. The number of benzene rings is 1. The van der Waals surface area contributed by atoms with Gasteiger partial charge in [-0.25, -0.2) is 14.6 Å². The molecule has 8 heteroatoms. The topological polar surface area (TPSA) is 85.2 Å². The van der Waals surface area contributed by atoms with Crippen LogP contribution in [0.15, 0.2) is 36.7 Å². The van der Waals surface area contributed by atoms with Gasteiger partial charge in [-0.1, -0.05) is 24.3 Å². The van der Waals surface area contributed by atoms with Gasteiger partial charge in [0.25, 0.3) is 11.9 Å². The van der Waals surface area contributed by atoms with Gasteiger partial charge in [0.15, 0.2) is 0 Å². The quantitative estimate of drug-likeness (QED) is 0.525. The maximum Gasteiger partial charge on any atom is 0.254 e. The number of carbonyl (C=O) groups excluding carboxylic acids is 1. The molecule has 1 N–H and O–H groups in total. The molecule has 8 nitrogen and oxygen atoms in total. The monoisotopic (exact) mass is 486 g/mol. The number of likely N-dealkylation sites (tertiary alicyclic amines) is 1. The Balaban J connectivity index is 1.18. The number of aryl methyl sites for hydroxylation is 2. The highest BCUT2D eigenvalue weighted by molar-refractivity contribution is 5.95. The van der Waals surface area contributed by atoms with Crippen molar-refractivity contribution in [2.45, 2.75) is 44.4 Å². The molecule has 3 aliphatic rings. The molecular weight excluding hydrogens is 452 g/mol. The third-order valence-corrected chi connectivity index (χ3v) is 7.86.